The summed E-state index contributed by atoms with van der Waals surface area (Å²) in [4.78, 5) is 12.2. The summed E-state index contributed by atoms with van der Waals surface area (Å²) in [7, 11) is 1.49. The number of carbonyl (C=O) groups is 1. The summed E-state index contributed by atoms with van der Waals surface area (Å²) in [5.74, 6) is 0.254. The van der Waals surface area contributed by atoms with Crippen molar-refractivity contribution in [1.82, 2.24) is 25.4 Å². The number of ether oxygens (including phenoxy) is 2. The topological polar surface area (TPSA) is 106 Å². The molecule has 0 fully saturated rings. The van der Waals surface area contributed by atoms with Crippen molar-refractivity contribution in [2.45, 2.75) is 6.92 Å². The van der Waals surface area contributed by atoms with Gasteiger partial charge in [-0.2, -0.15) is 19.7 Å². The molecule has 0 aliphatic carbocycles. The highest BCUT2D eigenvalue weighted by Crippen LogP contribution is 2.35. The highest BCUT2D eigenvalue weighted by molar-refractivity contribution is 5.94. The smallest absolute Gasteiger partial charge is 0.289 e. The second-order valence-corrected chi connectivity index (χ2v) is 5.85. The molecule has 0 bridgehead atoms. The average Bonchev–Trinajstić information content (AvgIpc) is 3.36. The van der Waals surface area contributed by atoms with Crippen molar-refractivity contribution in [2.75, 3.05) is 6.79 Å². The maximum absolute atomic E-state index is 13.8. The van der Waals surface area contributed by atoms with Crippen LogP contribution in [0.25, 0.3) is 11.3 Å². The fourth-order valence-electron chi connectivity index (χ4n) is 2.65. The summed E-state index contributed by atoms with van der Waals surface area (Å²) >= 11 is 0. The lowest BCUT2D eigenvalue weighted by Gasteiger charge is -1.99. The molecule has 3 aromatic rings. The molecule has 138 valence electrons. The van der Waals surface area contributed by atoms with Gasteiger partial charge in [-0.15, -0.1) is 0 Å². The van der Waals surface area contributed by atoms with E-state index in [4.69, 9.17) is 9.47 Å². The molecule has 4 rings (SSSR count). The summed E-state index contributed by atoms with van der Waals surface area (Å²) < 4.78 is 25.5. The van der Waals surface area contributed by atoms with E-state index in [1.807, 2.05) is 6.07 Å². The van der Waals surface area contributed by atoms with Gasteiger partial charge in [0.1, 0.15) is 5.69 Å². The van der Waals surface area contributed by atoms with E-state index in [0.29, 0.717) is 22.9 Å². The molecule has 1 amide bonds. The van der Waals surface area contributed by atoms with E-state index >= 15 is 0 Å². The molecule has 0 atom stereocenters. The van der Waals surface area contributed by atoms with Crippen molar-refractivity contribution in [3.63, 3.8) is 0 Å². The Balaban J connectivity index is 1.46. The fraction of sp³-hybridized carbons (Fsp3) is 0.176. The predicted molar refractivity (Wildman–Crippen MR) is 93.1 cm³/mol. The Hall–Kier alpha value is -3.69. The molecule has 0 saturated carbocycles. The fourth-order valence-corrected chi connectivity index (χ4v) is 2.65. The SMILES string of the molecule is Cc1nn(C)c(F)c1/C=N\NC(=O)c1cc(-c2ccc3c(c2)OCO3)n[nH]1. The van der Waals surface area contributed by atoms with E-state index in [2.05, 4.69) is 25.8 Å². The molecule has 0 saturated heterocycles. The van der Waals surface area contributed by atoms with E-state index < -0.39 is 11.9 Å². The van der Waals surface area contributed by atoms with Crippen LogP contribution in [0, 0.1) is 12.9 Å². The zero-order valence-electron chi connectivity index (χ0n) is 14.5. The number of halogens is 1. The van der Waals surface area contributed by atoms with Crippen LogP contribution < -0.4 is 14.9 Å². The van der Waals surface area contributed by atoms with Crippen molar-refractivity contribution in [3.05, 3.63) is 47.2 Å². The number of hydrogen-bond acceptors (Lipinski definition) is 6. The Morgan fingerprint density at radius 2 is 2.19 bits per heavy atom. The van der Waals surface area contributed by atoms with Crippen molar-refractivity contribution in [2.24, 2.45) is 12.1 Å². The number of nitrogens with zero attached hydrogens (tertiary/aromatic N) is 4. The molecule has 9 nitrogen and oxygen atoms in total. The normalized spacial score (nSPS) is 12.7. The molecule has 0 unspecified atom stereocenters. The minimum atomic E-state index is -0.530. The molecule has 2 aromatic heterocycles. The van der Waals surface area contributed by atoms with Crippen LogP contribution >= 0.6 is 0 Å². The molecule has 1 aromatic carbocycles. The minimum absolute atomic E-state index is 0.183. The summed E-state index contributed by atoms with van der Waals surface area (Å²) in [5.41, 5.74) is 4.56. The monoisotopic (exact) mass is 370 g/mol. The first kappa shape index (κ1) is 16.8. The Kier molecular flexibility index (Phi) is 4.07. The Bertz CT molecular complexity index is 1060. The van der Waals surface area contributed by atoms with Gasteiger partial charge in [0.25, 0.3) is 5.91 Å². The van der Waals surface area contributed by atoms with Crippen LogP contribution in [0.2, 0.25) is 0 Å². The molecular formula is C17H15FN6O3. The van der Waals surface area contributed by atoms with Crippen molar-refractivity contribution in [1.29, 1.82) is 0 Å². The largest absolute Gasteiger partial charge is 0.454 e. The van der Waals surface area contributed by atoms with Gasteiger partial charge in [-0.1, -0.05) is 0 Å². The predicted octanol–water partition coefficient (Wildman–Crippen LogP) is 1.75. The van der Waals surface area contributed by atoms with Gasteiger partial charge >= 0.3 is 0 Å². The van der Waals surface area contributed by atoms with Gasteiger partial charge in [0.05, 0.1) is 23.2 Å². The molecule has 2 N–H and O–H groups in total. The van der Waals surface area contributed by atoms with Crippen LogP contribution in [0.1, 0.15) is 21.7 Å². The van der Waals surface area contributed by atoms with Gasteiger partial charge in [0.15, 0.2) is 11.5 Å². The Labute approximate surface area is 152 Å². The number of fused-ring (bicyclic) bond motifs is 1. The number of aromatic nitrogens is 4. The van der Waals surface area contributed by atoms with Gasteiger partial charge in [0.2, 0.25) is 12.7 Å². The van der Waals surface area contributed by atoms with Crippen molar-refractivity contribution < 1.29 is 18.7 Å². The summed E-state index contributed by atoms with van der Waals surface area (Å²) in [6.45, 7) is 1.83. The molecule has 0 radical (unpaired) electrons. The maximum Gasteiger partial charge on any atom is 0.289 e. The highest BCUT2D eigenvalue weighted by atomic mass is 19.1. The molecule has 27 heavy (non-hydrogen) atoms. The van der Waals surface area contributed by atoms with E-state index in [-0.39, 0.29) is 18.1 Å². The van der Waals surface area contributed by atoms with E-state index in [1.54, 1.807) is 25.1 Å². The number of carbonyl (C=O) groups excluding carboxylic acids is 1. The van der Waals surface area contributed by atoms with Crippen LogP contribution in [-0.4, -0.2) is 38.9 Å². The third kappa shape index (κ3) is 3.12. The number of H-pyrrole nitrogens is 1. The number of rotatable bonds is 4. The summed E-state index contributed by atoms with van der Waals surface area (Å²) in [5, 5.41) is 14.5. The summed E-state index contributed by atoms with van der Waals surface area (Å²) in [6.07, 6.45) is 1.21. The van der Waals surface area contributed by atoms with Gasteiger partial charge in [-0.3, -0.25) is 9.89 Å². The van der Waals surface area contributed by atoms with Gasteiger partial charge in [-0.05, 0) is 31.2 Å². The second-order valence-electron chi connectivity index (χ2n) is 5.85. The van der Waals surface area contributed by atoms with Gasteiger partial charge in [0, 0.05) is 12.6 Å². The van der Waals surface area contributed by atoms with Crippen LogP contribution in [0.5, 0.6) is 11.5 Å². The lowest BCUT2D eigenvalue weighted by Crippen LogP contribution is -2.18. The minimum Gasteiger partial charge on any atom is -0.454 e. The quantitative estimate of drug-likeness (QED) is 0.538. The number of hydrazone groups is 1. The van der Waals surface area contributed by atoms with Gasteiger partial charge < -0.3 is 9.47 Å². The standard InChI is InChI=1S/C17H15FN6O3/c1-9-11(16(18)24(2)23-9)7-19-22-17(25)13-6-12(20-21-13)10-3-4-14-15(5-10)27-8-26-14/h3-7H,8H2,1-2H3,(H,20,21)(H,22,25)/b19-7-. The second kappa shape index (κ2) is 6.56. The molecule has 3 heterocycles. The first-order valence-electron chi connectivity index (χ1n) is 8.01. The number of hydrogen-bond donors (Lipinski definition) is 2. The van der Waals surface area contributed by atoms with E-state index in [1.165, 1.54) is 13.3 Å². The number of aromatic amines is 1. The Morgan fingerprint density at radius 1 is 1.37 bits per heavy atom. The van der Waals surface area contributed by atoms with Crippen LogP contribution in [0.15, 0.2) is 29.4 Å². The average molecular weight is 370 g/mol. The molecule has 1 aliphatic rings. The molecule has 0 spiro atoms. The highest BCUT2D eigenvalue weighted by Gasteiger charge is 2.16. The Morgan fingerprint density at radius 3 is 2.96 bits per heavy atom. The van der Waals surface area contributed by atoms with Crippen LogP contribution in [0.3, 0.4) is 0 Å². The maximum atomic E-state index is 13.8. The number of aryl methyl sites for hydroxylation is 2. The summed E-state index contributed by atoms with van der Waals surface area (Å²) in [6, 6.07) is 6.96. The van der Waals surface area contributed by atoms with Crippen LogP contribution in [0.4, 0.5) is 4.39 Å². The molecule has 1 aliphatic heterocycles. The third-order valence-electron chi connectivity index (χ3n) is 4.05. The zero-order chi connectivity index (χ0) is 19.0. The first-order chi connectivity index (χ1) is 13.0. The van der Waals surface area contributed by atoms with Gasteiger partial charge in [-0.25, -0.2) is 10.1 Å². The lowest BCUT2D eigenvalue weighted by molar-refractivity contribution is 0.0950. The van der Waals surface area contributed by atoms with Crippen LogP contribution in [-0.2, 0) is 7.05 Å². The van der Waals surface area contributed by atoms with E-state index in [0.717, 1.165) is 10.2 Å². The number of benzene rings is 1. The third-order valence-corrected chi connectivity index (χ3v) is 4.05. The van der Waals surface area contributed by atoms with Crippen molar-refractivity contribution in [3.8, 4) is 22.8 Å². The molecular weight excluding hydrogens is 355 g/mol. The number of nitrogens with one attached hydrogen (secondary N) is 2. The molecule has 10 heteroatoms. The van der Waals surface area contributed by atoms with E-state index in [9.17, 15) is 9.18 Å². The zero-order valence-corrected chi connectivity index (χ0v) is 14.5. The lowest BCUT2D eigenvalue weighted by atomic mass is 10.1. The van der Waals surface area contributed by atoms with Crippen molar-refractivity contribution >= 4 is 12.1 Å². The first-order valence-corrected chi connectivity index (χ1v) is 8.01. The number of amides is 1.